The minimum absolute atomic E-state index is 0.0453. The summed E-state index contributed by atoms with van der Waals surface area (Å²) < 4.78 is 10.6. The number of nitrogens with one attached hydrogen (secondary N) is 1. The minimum atomic E-state index is 0.0453. The molecule has 5 nitrogen and oxygen atoms in total. The molecule has 0 radical (unpaired) electrons. The number of ether oxygens (including phenoxy) is 2. The Bertz CT molecular complexity index is 474. The van der Waals surface area contributed by atoms with E-state index in [2.05, 4.69) is 10.2 Å². The molecule has 0 saturated carbocycles. The molecule has 0 aromatic heterocycles. The van der Waals surface area contributed by atoms with Crippen molar-refractivity contribution < 1.29 is 14.3 Å². The molecule has 1 heterocycles. The van der Waals surface area contributed by atoms with E-state index in [1.165, 1.54) is 11.1 Å². The lowest BCUT2D eigenvalue weighted by molar-refractivity contribution is -0.121. The first-order valence-electron chi connectivity index (χ1n) is 6.34. The first-order valence-corrected chi connectivity index (χ1v) is 6.34. The second kappa shape index (κ2) is 5.93. The molecule has 1 aromatic rings. The molecule has 0 atom stereocenters. The van der Waals surface area contributed by atoms with E-state index in [4.69, 9.17) is 9.47 Å². The van der Waals surface area contributed by atoms with Gasteiger partial charge in [0, 0.05) is 20.1 Å². The highest BCUT2D eigenvalue weighted by molar-refractivity contribution is 5.77. The van der Waals surface area contributed by atoms with Crippen LogP contribution < -0.4 is 14.8 Å². The summed E-state index contributed by atoms with van der Waals surface area (Å²) in [5.74, 6) is 1.55. The van der Waals surface area contributed by atoms with Crippen LogP contribution in [0, 0.1) is 0 Å². The van der Waals surface area contributed by atoms with Crippen LogP contribution in [0.3, 0.4) is 0 Å². The average Bonchev–Trinajstić information content (AvgIpc) is 2.45. The zero-order valence-electron chi connectivity index (χ0n) is 11.7. The summed E-state index contributed by atoms with van der Waals surface area (Å²) in [6.07, 6.45) is 0.923. The monoisotopic (exact) mass is 264 g/mol. The number of carbonyl (C=O) groups excluding carboxylic acids is 1. The SMILES string of the molecule is CNC(=O)CN1CCc2cc(OC)c(OC)cc2C1. The molecular weight excluding hydrogens is 244 g/mol. The molecule has 0 spiro atoms. The normalized spacial score (nSPS) is 14.7. The largest absolute Gasteiger partial charge is 0.493 e. The molecule has 1 aliphatic rings. The van der Waals surface area contributed by atoms with Crippen molar-refractivity contribution in [2.45, 2.75) is 13.0 Å². The second-order valence-corrected chi connectivity index (χ2v) is 4.61. The molecule has 1 aromatic carbocycles. The zero-order chi connectivity index (χ0) is 13.8. The fourth-order valence-electron chi connectivity index (χ4n) is 2.36. The van der Waals surface area contributed by atoms with Crippen molar-refractivity contribution in [3.8, 4) is 11.5 Å². The van der Waals surface area contributed by atoms with Gasteiger partial charge in [-0.25, -0.2) is 0 Å². The predicted octanol–water partition coefficient (Wildman–Crippen LogP) is 0.808. The molecule has 0 unspecified atom stereocenters. The summed E-state index contributed by atoms with van der Waals surface area (Å²) in [6.45, 7) is 2.09. The lowest BCUT2D eigenvalue weighted by Gasteiger charge is -2.28. The van der Waals surface area contributed by atoms with Gasteiger partial charge in [0.05, 0.1) is 20.8 Å². The predicted molar refractivity (Wildman–Crippen MR) is 72.6 cm³/mol. The van der Waals surface area contributed by atoms with Gasteiger partial charge in [-0.05, 0) is 29.7 Å². The van der Waals surface area contributed by atoms with E-state index in [-0.39, 0.29) is 5.91 Å². The Morgan fingerprint density at radius 1 is 1.26 bits per heavy atom. The van der Waals surface area contributed by atoms with Crippen molar-refractivity contribution in [1.82, 2.24) is 10.2 Å². The van der Waals surface area contributed by atoms with Gasteiger partial charge in [0.25, 0.3) is 0 Å². The average molecular weight is 264 g/mol. The second-order valence-electron chi connectivity index (χ2n) is 4.61. The maximum atomic E-state index is 11.4. The number of benzene rings is 1. The van der Waals surface area contributed by atoms with Crippen molar-refractivity contribution >= 4 is 5.91 Å². The van der Waals surface area contributed by atoms with Gasteiger partial charge in [-0.1, -0.05) is 0 Å². The van der Waals surface area contributed by atoms with Crippen LogP contribution in [-0.2, 0) is 17.8 Å². The highest BCUT2D eigenvalue weighted by atomic mass is 16.5. The summed E-state index contributed by atoms with van der Waals surface area (Å²) in [5.41, 5.74) is 2.47. The summed E-state index contributed by atoms with van der Waals surface area (Å²) in [7, 11) is 4.94. The first-order chi connectivity index (χ1) is 9.17. The number of likely N-dealkylation sites (N-methyl/N-ethyl adjacent to an activating group) is 1. The molecule has 5 heteroatoms. The Labute approximate surface area is 113 Å². The Hall–Kier alpha value is -1.75. The van der Waals surface area contributed by atoms with Gasteiger partial charge in [-0.2, -0.15) is 0 Å². The van der Waals surface area contributed by atoms with E-state index in [9.17, 15) is 4.79 Å². The third-order valence-corrected chi connectivity index (χ3v) is 3.44. The highest BCUT2D eigenvalue weighted by Gasteiger charge is 2.20. The van der Waals surface area contributed by atoms with Gasteiger partial charge < -0.3 is 14.8 Å². The third-order valence-electron chi connectivity index (χ3n) is 3.44. The molecule has 0 aliphatic carbocycles. The molecule has 2 rings (SSSR count). The van der Waals surface area contributed by atoms with Crippen LogP contribution in [0.25, 0.3) is 0 Å². The first kappa shape index (κ1) is 13.7. The molecule has 19 heavy (non-hydrogen) atoms. The summed E-state index contributed by atoms with van der Waals surface area (Å²) >= 11 is 0. The van der Waals surface area contributed by atoms with Gasteiger partial charge in [-0.15, -0.1) is 0 Å². The summed E-state index contributed by atoms with van der Waals surface area (Å²) in [5, 5.41) is 2.65. The van der Waals surface area contributed by atoms with Crippen molar-refractivity contribution in [2.24, 2.45) is 0 Å². The molecular formula is C14H20N2O3. The molecule has 1 amide bonds. The van der Waals surface area contributed by atoms with Gasteiger partial charge >= 0.3 is 0 Å². The summed E-state index contributed by atoms with van der Waals surface area (Å²) in [6, 6.07) is 4.04. The maximum Gasteiger partial charge on any atom is 0.233 e. The van der Waals surface area contributed by atoms with Gasteiger partial charge in [0.15, 0.2) is 11.5 Å². The number of hydrogen-bond donors (Lipinski definition) is 1. The van der Waals surface area contributed by atoms with Crippen molar-refractivity contribution in [2.75, 3.05) is 34.4 Å². The quantitative estimate of drug-likeness (QED) is 0.874. The number of nitrogens with zero attached hydrogens (tertiary/aromatic N) is 1. The van der Waals surface area contributed by atoms with Crippen LogP contribution in [0.2, 0.25) is 0 Å². The van der Waals surface area contributed by atoms with Crippen LogP contribution in [0.5, 0.6) is 11.5 Å². The Balaban J connectivity index is 2.18. The smallest absolute Gasteiger partial charge is 0.233 e. The Morgan fingerprint density at radius 2 is 1.89 bits per heavy atom. The third kappa shape index (κ3) is 2.98. The van der Waals surface area contributed by atoms with E-state index in [1.54, 1.807) is 21.3 Å². The molecule has 0 fully saturated rings. The highest BCUT2D eigenvalue weighted by Crippen LogP contribution is 2.33. The van der Waals surface area contributed by atoms with Gasteiger partial charge in [0.1, 0.15) is 0 Å². The van der Waals surface area contributed by atoms with E-state index < -0.39 is 0 Å². The molecule has 0 bridgehead atoms. The van der Waals surface area contributed by atoms with Crippen LogP contribution in [-0.4, -0.2) is 45.2 Å². The van der Waals surface area contributed by atoms with Crippen molar-refractivity contribution in [3.63, 3.8) is 0 Å². The van der Waals surface area contributed by atoms with E-state index in [0.29, 0.717) is 6.54 Å². The van der Waals surface area contributed by atoms with E-state index in [1.807, 2.05) is 12.1 Å². The number of hydrogen-bond acceptors (Lipinski definition) is 4. The molecule has 1 aliphatic heterocycles. The van der Waals surface area contributed by atoms with Crippen LogP contribution in [0.15, 0.2) is 12.1 Å². The number of rotatable bonds is 4. The standard InChI is InChI=1S/C14H20N2O3/c1-15-14(17)9-16-5-4-10-6-12(18-2)13(19-3)7-11(10)8-16/h6-7H,4-5,8-9H2,1-3H3,(H,15,17). The number of methoxy groups -OCH3 is 2. The molecule has 104 valence electrons. The van der Waals surface area contributed by atoms with Crippen molar-refractivity contribution in [1.29, 1.82) is 0 Å². The maximum absolute atomic E-state index is 11.4. The minimum Gasteiger partial charge on any atom is -0.493 e. The summed E-state index contributed by atoms with van der Waals surface area (Å²) in [4.78, 5) is 13.6. The number of amides is 1. The molecule has 1 N–H and O–H groups in total. The Kier molecular flexibility index (Phi) is 4.27. The van der Waals surface area contributed by atoms with Crippen LogP contribution in [0.4, 0.5) is 0 Å². The van der Waals surface area contributed by atoms with Gasteiger partial charge in [-0.3, -0.25) is 9.69 Å². The lowest BCUT2D eigenvalue weighted by atomic mass is 9.99. The van der Waals surface area contributed by atoms with Crippen molar-refractivity contribution in [3.05, 3.63) is 23.3 Å². The fraction of sp³-hybridized carbons (Fsp3) is 0.500. The van der Waals surface area contributed by atoms with Gasteiger partial charge in [0.2, 0.25) is 5.91 Å². The van der Waals surface area contributed by atoms with E-state index >= 15 is 0 Å². The van der Waals surface area contributed by atoms with Crippen LogP contribution in [0.1, 0.15) is 11.1 Å². The number of carbonyl (C=O) groups is 1. The Morgan fingerprint density at radius 3 is 2.47 bits per heavy atom. The van der Waals surface area contributed by atoms with Crippen LogP contribution >= 0.6 is 0 Å². The lowest BCUT2D eigenvalue weighted by Crippen LogP contribution is -2.38. The number of fused-ring (bicyclic) bond motifs is 1. The topological polar surface area (TPSA) is 50.8 Å². The zero-order valence-corrected chi connectivity index (χ0v) is 11.7. The van der Waals surface area contributed by atoms with E-state index in [0.717, 1.165) is 31.0 Å². The molecule has 0 saturated heterocycles. The fourth-order valence-corrected chi connectivity index (χ4v) is 2.36.